The lowest BCUT2D eigenvalue weighted by Gasteiger charge is -2.12. The van der Waals surface area contributed by atoms with Crippen LogP contribution in [0, 0.1) is 10.1 Å². The Morgan fingerprint density at radius 1 is 1.55 bits per heavy atom. The second kappa shape index (κ2) is 6.39. The number of nitrogens with one attached hydrogen (secondary N) is 1. The molecule has 0 aliphatic rings. The Labute approximate surface area is 124 Å². The summed E-state index contributed by atoms with van der Waals surface area (Å²) in [6.07, 6.45) is 0. The molecule has 0 aliphatic carbocycles. The van der Waals surface area contributed by atoms with E-state index < -0.39 is 10.7 Å². The smallest absolute Gasteiger partial charge is 0.407 e. The number of hydrogen-bond acceptors (Lipinski definition) is 6. The van der Waals surface area contributed by atoms with Gasteiger partial charge in [0.1, 0.15) is 6.54 Å². The summed E-state index contributed by atoms with van der Waals surface area (Å²) in [7, 11) is 1.52. The van der Waals surface area contributed by atoms with Crippen molar-refractivity contribution in [1.29, 1.82) is 0 Å². The van der Waals surface area contributed by atoms with E-state index in [0.29, 0.717) is 12.1 Å². The minimum Gasteiger partial charge on any atom is -0.407 e. The summed E-state index contributed by atoms with van der Waals surface area (Å²) in [5, 5.41) is 13.4. The van der Waals surface area contributed by atoms with Gasteiger partial charge in [0.2, 0.25) is 5.91 Å². The van der Waals surface area contributed by atoms with Gasteiger partial charge in [0.25, 0.3) is 5.69 Å². The van der Waals surface area contributed by atoms with Crippen LogP contribution in [0.15, 0.2) is 27.4 Å². The normalized spacial score (nSPS) is 12.3. The SMILES string of the molecule is COCC(C)NC(=O)Cn1c(=O)oc2cc([N+](=O)[O-])ccc21. The van der Waals surface area contributed by atoms with Gasteiger partial charge in [-0.1, -0.05) is 0 Å². The van der Waals surface area contributed by atoms with Gasteiger partial charge in [-0.05, 0) is 13.0 Å². The number of nitrogens with zero attached hydrogens (tertiary/aromatic N) is 2. The van der Waals surface area contributed by atoms with E-state index in [0.717, 1.165) is 10.6 Å². The van der Waals surface area contributed by atoms with Crippen LogP contribution in [-0.4, -0.2) is 35.2 Å². The number of rotatable bonds is 6. The van der Waals surface area contributed by atoms with Crippen molar-refractivity contribution in [1.82, 2.24) is 9.88 Å². The fourth-order valence-electron chi connectivity index (χ4n) is 2.07. The van der Waals surface area contributed by atoms with Crippen LogP contribution in [0.5, 0.6) is 0 Å². The van der Waals surface area contributed by atoms with E-state index in [1.165, 1.54) is 19.2 Å². The van der Waals surface area contributed by atoms with Crippen molar-refractivity contribution in [2.24, 2.45) is 0 Å². The van der Waals surface area contributed by atoms with Crippen LogP contribution in [0.25, 0.3) is 11.1 Å². The van der Waals surface area contributed by atoms with Gasteiger partial charge >= 0.3 is 5.76 Å². The molecule has 1 atom stereocenters. The van der Waals surface area contributed by atoms with E-state index in [9.17, 15) is 19.7 Å². The number of aromatic nitrogens is 1. The number of carbonyl (C=O) groups excluding carboxylic acids is 1. The highest BCUT2D eigenvalue weighted by Gasteiger charge is 2.16. The number of benzene rings is 1. The Morgan fingerprint density at radius 2 is 2.27 bits per heavy atom. The van der Waals surface area contributed by atoms with E-state index in [-0.39, 0.29) is 29.8 Å². The summed E-state index contributed by atoms with van der Waals surface area (Å²) < 4.78 is 11.0. The number of methoxy groups -OCH3 is 1. The molecule has 0 aliphatic heterocycles. The highest BCUT2D eigenvalue weighted by atomic mass is 16.6. The molecule has 1 amide bonds. The summed E-state index contributed by atoms with van der Waals surface area (Å²) in [4.78, 5) is 33.8. The third-order valence-electron chi connectivity index (χ3n) is 2.99. The maximum absolute atomic E-state index is 11.9. The highest BCUT2D eigenvalue weighted by Crippen LogP contribution is 2.19. The van der Waals surface area contributed by atoms with Gasteiger partial charge in [0, 0.05) is 19.2 Å². The van der Waals surface area contributed by atoms with Crippen molar-refractivity contribution >= 4 is 22.7 Å². The molecule has 0 bridgehead atoms. The summed E-state index contributed by atoms with van der Waals surface area (Å²) in [6, 6.07) is 3.58. The van der Waals surface area contributed by atoms with Crippen molar-refractivity contribution in [3.63, 3.8) is 0 Å². The second-order valence-corrected chi connectivity index (χ2v) is 4.79. The summed E-state index contributed by atoms with van der Waals surface area (Å²) in [5.41, 5.74) is 0.202. The molecule has 1 aromatic heterocycles. The molecule has 1 heterocycles. The number of nitro benzene ring substituents is 1. The molecule has 0 spiro atoms. The first-order chi connectivity index (χ1) is 10.4. The van der Waals surface area contributed by atoms with Gasteiger partial charge in [-0.3, -0.25) is 19.5 Å². The first-order valence-electron chi connectivity index (χ1n) is 6.48. The molecule has 118 valence electrons. The maximum Gasteiger partial charge on any atom is 0.420 e. The molecule has 1 aromatic carbocycles. The fourth-order valence-corrected chi connectivity index (χ4v) is 2.07. The van der Waals surface area contributed by atoms with Gasteiger partial charge in [-0.15, -0.1) is 0 Å². The van der Waals surface area contributed by atoms with Crippen LogP contribution in [0.1, 0.15) is 6.92 Å². The molecule has 0 saturated carbocycles. The number of oxazole rings is 1. The Morgan fingerprint density at radius 3 is 2.91 bits per heavy atom. The molecule has 2 aromatic rings. The standard InChI is InChI=1S/C13H15N3O6/c1-8(7-21-2)14-12(17)6-15-10-4-3-9(16(19)20)5-11(10)22-13(15)18/h3-5,8H,6-7H2,1-2H3,(H,14,17). The zero-order chi connectivity index (χ0) is 16.3. The lowest BCUT2D eigenvalue weighted by Crippen LogP contribution is -2.38. The van der Waals surface area contributed by atoms with E-state index in [4.69, 9.17) is 9.15 Å². The highest BCUT2D eigenvalue weighted by molar-refractivity contribution is 5.80. The summed E-state index contributed by atoms with van der Waals surface area (Å²) in [6.45, 7) is 1.87. The van der Waals surface area contributed by atoms with Crippen molar-refractivity contribution in [2.75, 3.05) is 13.7 Å². The largest absolute Gasteiger partial charge is 0.420 e. The van der Waals surface area contributed by atoms with Crippen LogP contribution in [0.2, 0.25) is 0 Å². The van der Waals surface area contributed by atoms with E-state index >= 15 is 0 Å². The third kappa shape index (κ3) is 3.31. The van der Waals surface area contributed by atoms with Crippen LogP contribution in [-0.2, 0) is 16.1 Å². The molecule has 9 heteroatoms. The fraction of sp³-hybridized carbons (Fsp3) is 0.385. The van der Waals surface area contributed by atoms with Gasteiger partial charge in [-0.25, -0.2) is 4.79 Å². The van der Waals surface area contributed by atoms with Crippen LogP contribution >= 0.6 is 0 Å². The number of ether oxygens (including phenoxy) is 1. The molecular weight excluding hydrogens is 294 g/mol. The second-order valence-electron chi connectivity index (χ2n) is 4.79. The minimum absolute atomic E-state index is 0.0666. The van der Waals surface area contributed by atoms with Crippen molar-refractivity contribution in [2.45, 2.75) is 19.5 Å². The first-order valence-corrected chi connectivity index (χ1v) is 6.48. The summed E-state index contributed by atoms with van der Waals surface area (Å²) >= 11 is 0. The zero-order valence-electron chi connectivity index (χ0n) is 12.1. The van der Waals surface area contributed by atoms with Crippen LogP contribution < -0.4 is 11.1 Å². The number of carbonyl (C=O) groups is 1. The van der Waals surface area contributed by atoms with E-state index in [1.807, 2.05) is 0 Å². The Kier molecular flexibility index (Phi) is 4.56. The minimum atomic E-state index is -0.745. The molecule has 22 heavy (non-hydrogen) atoms. The Hall–Kier alpha value is -2.68. The average Bonchev–Trinajstić information content (AvgIpc) is 2.74. The first kappa shape index (κ1) is 15.7. The molecule has 9 nitrogen and oxygen atoms in total. The molecule has 0 saturated heterocycles. The van der Waals surface area contributed by atoms with Crippen molar-refractivity contribution in [3.05, 3.63) is 38.9 Å². The molecule has 1 N–H and O–H groups in total. The Balaban J connectivity index is 2.24. The molecule has 2 rings (SSSR count). The molecule has 0 radical (unpaired) electrons. The van der Waals surface area contributed by atoms with Crippen molar-refractivity contribution in [3.8, 4) is 0 Å². The lowest BCUT2D eigenvalue weighted by molar-refractivity contribution is -0.384. The van der Waals surface area contributed by atoms with E-state index in [2.05, 4.69) is 5.32 Å². The van der Waals surface area contributed by atoms with Crippen LogP contribution in [0.4, 0.5) is 5.69 Å². The Bertz CT molecular complexity index is 763. The predicted molar refractivity (Wildman–Crippen MR) is 76.6 cm³/mol. The van der Waals surface area contributed by atoms with Gasteiger partial charge in [0.15, 0.2) is 5.58 Å². The number of nitro groups is 1. The van der Waals surface area contributed by atoms with E-state index in [1.54, 1.807) is 6.92 Å². The lowest BCUT2D eigenvalue weighted by atomic mass is 10.3. The van der Waals surface area contributed by atoms with Gasteiger partial charge < -0.3 is 14.5 Å². The summed E-state index contributed by atoms with van der Waals surface area (Å²) in [5.74, 6) is -1.13. The number of fused-ring (bicyclic) bond motifs is 1. The van der Waals surface area contributed by atoms with Crippen LogP contribution in [0.3, 0.4) is 0 Å². The maximum atomic E-state index is 11.9. The average molecular weight is 309 g/mol. The van der Waals surface area contributed by atoms with Crippen molar-refractivity contribution < 1.29 is 18.9 Å². The molecule has 0 fully saturated rings. The molecular formula is C13H15N3O6. The topological polar surface area (TPSA) is 117 Å². The van der Waals surface area contributed by atoms with Gasteiger partial charge in [-0.2, -0.15) is 0 Å². The number of amides is 1. The predicted octanol–water partition coefficient (Wildman–Crippen LogP) is 0.654. The monoisotopic (exact) mass is 309 g/mol. The number of non-ortho nitro benzene ring substituents is 1. The zero-order valence-corrected chi connectivity index (χ0v) is 12.1. The third-order valence-corrected chi connectivity index (χ3v) is 2.99. The molecule has 1 unspecified atom stereocenters. The van der Waals surface area contributed by atoms with Gasteiger partial charge in [0.05, 0.1) is 23.1 Å². The quantitative estimate of drug-likeness (QED) is 0.618. The number of hydrogen-bond donors (Lipinski definition) is 1.